The quantitative estimate of drug-likeness (QED) is 0.138. The molecule has 3 aromatic carbocycles. The van der Waals surface area contributed by atoms with Crippen molar-refractivity contribution in [3.05, 3.63) is 119 Å². The highest BCUT2D eigenvalue weighted by atomic mass is 19.4. The molecule has 5 nitrogen and oxygen atoms in total. The van der Waals surface area contributed by atoms with E-state index in [0.29, 0.717) is 5.56 Å². The van der Waals surface area contributed by atoms with Gasteiger partial charge in [0.25, 0.3) is 0 Å². The Bertz CT molecular complexity index is 1370. The highest BCUT2D eigenvalue weighted by Crippen LogP contribution is 2.43. The van der Waals surface area contributed by atoms with Crippen molar-refractivity contribution in [1.29, 1.82) is 0 Å². The average molecular weight is 627 g/mol. The summed E-state index contributed by atoms with van der Waals surface area (Å²) in [6.45, 7) is 0.0706. The van der Waals surface area contributed by atoms with Gasteiger partial charge in [-0.1, -0.05) is 91.0 Å². The van der Waals surface area contributed by atoms with Crippen LogP contribution in [0.1, 0.15) is 23.1 Å². The van der Waals surface area contributed by atoms with Crippen LogP contribution in [0.3, 0.4) is 0 Å². The summed E-state index contributed by atoms with van der Waals surface area (Å²) < 4.78 is 117. The van der Waals surface area contributed by atoms with E-state index in [1.54, 1.807) is 60.7 Å². The monoisotopic (exact) mass is 626 g/mol. The highest BCUT2D eigenvalue weighted by molar-refractivity contribution is 5.94. The molecule has 1 aliphatic heterocycles. The maximum atomic E-state index is 14.4. The van der Waals surface area contributed by atoms with E-state index in [1.807, 2.05) is 30.3 Å². The van der Waals surface area contributed by atoms with E-state index in [0.717, 1.165) is 11.1 Å². The largest absolute Gasteiger partial charge is 0.460 e. The van der Waals surface area contributed by atoms with Gasteiger partial charge in [-0.2, -0.15) is 26.3 Å². The third-order valence-corrected chi connectivity index (χ3v) is 6.83. The molecule has 236 valence electrons. The summed E-state index contributed by atoms with van der Waals surface area (Å²) in [4.78, 5) is 12.5. The zero-order chi connectivity index (χ0) is 31.7. The number of allylic oxidation sites excluding steroid dienone is 2. The number of alkyl halides is 5. The van der Waals surface area contributed by atoms with Crippen molar-refractivity contribution in [2.75, 3.05) is 6.61 Å². The maximum Gasteiger partial charge on any atom is 0.460 e. The van der Waals surface area contributed by atoms with Crippen LogP contribution in [-0.4, -0.2) is 48.9 Å². The van der Waals surface area contributed by atoms with Crippen LogP contribution < -0.4 is 0 Å². The minimum atomic E-state index is -6.45. The molecular weight excluding hydrogens is 597 g/mol. The molecule has 1 saturated heterocycles. The van der Waals surface area contributed by atoms with Gasteiger partial charge < -0.3 is 18.9 Å². The molecule has 4 rings (SSSR count). The molecule has 0 bridgehead atoms. The van der Waals surface area contributed by atoms with E-state index in [1.165, 1.54) is 0 Å². The lowest BCUT2D eigenvalue weighted by molar-refractivity contribution is -0.271. The SMILES string of the molecule is O=C(CC1OC(COCc2ccccc2)C(OCc2ccccc2)C1OCc1ccccc1)/C(F)=C(\F)C(F)(F)C(F)(F)F. The van der Waals surface area contributed by atoms with Crippen LogP contribution in [0.25, 0.3) is 0 Å². The van der Waals surface area contributed by atoms with Crippen LogP contribution in [0.4, 0.5) is 30.7 Å². The van der Waals surface area contributed by atoms with Gasteiger partial charge in [0.05, 0.1) is 32.5 Å². The molecule has 1 fully saturated rings. The van der Waals surface area contributed by atoms with Gasteiger partial charge in [0.2, 0.25) is 11.7 Å². The van der Waals surface area contributed by atoms with Gasteiger partial charge >= 0.3 is 12.1 Å². The second-order valence-electron chi connectivity index (χ2n) is 10.1. The predicted molar refractivity (Wildman–Crippen MR) is 145 cm³/mol. The second kappa shape index (κ2) is 14.9. The fraction of sp³-hybridized carbons (Fsp3) is 0.344. The number of Topliss-reactive ketones (excluding diaryl/α,β-unsaturated/α-hetero) is 1. The fourth-order valence-electron chi connectivity index (χ4n) is 4.56. The molecule has 0 amide bonds. The van der Waals surface area contributed by atoms with Gasteiger partial charge in [0, 0.05) is 6.42 Å². The average Bonchev–Trinajstić information content (AvgIpc) is 3.34. The smallest absolute Gasteiger partial charge is 0.374 e. The first-order chi connectivity index (χ1) is 21.0. The Hall–Kier alpha value is -3.58. The van der Waals surface area contributed by atoms with E-state index < -0.39 is 60.4 Å². The van der Waals surface area contributed by atoms with E-state index in [-0.39, 0.29) is 26.4 Å². The highest BCUT2D eigenvalue weighted by Gasteiger charge is 2.63. The third kappa shape index (κ3) is 8.53. The topological polar surface area (TPSA) is 54.0 Å². The Morgan fingerprint density at radius 3 is 1.55 bits per heavy atom. The van der Waals surface area contributed by atoms with Crippen molar-refractivity contribution in [2.45, 2.75) is 62.8 Å². The van der Waals surface area contributed by atoms with Crippen LogP contribution >= 0.6 is 0 Å². The fourth-order valence-corrected chi connectivity index (χ4v) is 4.56. The Labute approximate surface area is 249 Å². The minimum Gasteiger partial charge on any atom is -0.374 e. The Kier molecular flexibility index (Phi) is 11.3. The minimum absolute atomic E-state index is 0.0405. The molecule has 0 aromatic heterocycles. The van der Waals surface area contributed by atoms with E-state index >= 15 is 0 Å². The van der Waals surface area contributed by atoms with Gasteiger partial charge in [-0.3, -0.25) is 4.79 Å². The van der Waals surface area contributed by atoms with Crippen molar-refractivity contribution in [3.8, 4) is 0 Å². The molecule has 0 N–H and O–H groups in total. The number of ether oxygens (including phenoxy) is 4. The number of carbonyl (C=O) groups excluding carboxylic acids is 1. The lowest BCUT2D eigenvalue weighted by Gasteiger charge is -2.25. The summed E-state index contributed by atoms with van der Waals surface area (Å²) >= 11 is 0. The number of rotatable bonds is 14. The number of benzene rings is 3. The van der Waals surface area contributed by atoms with Gasteiger partial charge in [0.1, 0.15) is 18.3 Å². The molecule has 4 unspecified atom stereocenters. The van der Waals surface area contributed by atoms with Gasteiger partial charge in [-0.25, -0.2) is 4.39 Å². The zero-order valence-electron chi connectivity index (χ0n) is 23.2. The zero-order valence-corrected chi connectivity index (χ0v) is 23.2. The predicted octanol–water partition coefficient (Wildman–Crippen LogP) is 7.45. The van der Waals surface area contributed by atoms with E-state index in [2.05, 4.69) is 0 Å². The number of hydrogen-bond acceptors (Lipinski definition) is 5. The van der Waals surface area contributed by atoms with E-state index in [4.69, 9.17) is 18.9 Å². The lowest BCUT2D eigenvalue weighted by Crippen LogP contribution is -2.40. The van der Waals surface area contributed by atoms with Crippen LogP contribution in [0, 0.1) is 0 Å². The van der Waals surface area contributed by atoms with Crippen LogP contribution in [0.15, 0.2) is 103 Å². The molecule has 0 aliphatic carbocycles. The Morgan fingerprint density at radius 2 is 1.09 bits per heavy atom. The summed E-state index contributed by atoms with van der Waals surface area (Å²) in [5, 5.41) is 0. The third-order valence-electron chi connectivity index (χ3n) is 6.83. The Morgan fingerprint density at radius 1 is 0.659 bits per heavy atom. The molecular formula is C32H29F7O5. The van der Waals surface area contributed by atoms with E-state index in [9.17, 15) is 35.5 Å². The molecule has 1 aliphatic rings. The van der Waals surface area contributed by atoms with Crippen molar-refractivity contribution < 1.29 is 54.5 Å². The summed E-state index contributed by atoms with van der Waals surface area (Å²) in [6, 6.07) is 26.8. The molecule has 0 saturated carbocycles. The first kappa shape index (κ1) is 33.3. The molecule has 4 atom stereocenters. The number of halogens is 7. The Balaban J connectivity index is 1.58. The summed E-state index contributed by atoms with van der Waals surface area (Å²) in [7, 11) is 0. The van der Waals surface area contributed by atoms with Crippen molar-refractivity contribution in [1.82, 2.24) is 0 Å². The molecule has 0 spiro atoms. The molecule has 12 heteroatoms. The molecule has 0 radical (unpaired) electrons. The van der Waals surface area contributed by atoms with Crippen LogP contribution in [0.5, 0.6) is 0 Å². The first-order valence-corrected chi connectivity index (χ1v) is 13.6. The summed E-state index contributed by atoms with van der Waals surface area (Å²) in [5.41, 5.74) is 2.30. The first-order valence-electron chi connectivity index (χ1n) is 13.6. The summed E-state index contributed by atoms with van der Waals surface area (Å²) in [6.07, 6.45) is -12.0. The van der Waals surface area contributed by atoms with Gasteiger partial charge in [0.15, 0.2) is 5.78 Å². The van der Waals surface area contributed by atoms with Crippen molar-refractivity contribution >= 4 is 5.78 Å². The van der Waals surface area contributed by atoms with Crippen molar-refractivity contribution in [3.63, 3.8) is 0 Å². The van der Waals surface area contributed by atoms with Crippen LogP contribution in [-0.2, 0) is 43.6 Å². The lowest BCUT2D eigenvalue weighted by atomic mass is 10.0. The number of carbonyl (C=O) groups is 1. The standard InChI is InChI=1S/C32H29F7O5/c33-27(30(34)31(35,36)32(37,38)39)24(40)16-25-28(42-18-22-12-6-2-7-13-22)29(43-19-23-14-8-3-9-15-23)26(44-25)20-41-17-21-10-4-1-5-11-21/h1-15,25-26,28-29H,16-20H2/b30-27+. The number of ketones is 1. The normalized spacial score (nSPS) is 21.2. The maximum absolute atomic E-state index is 14.4. The second-order valence-corrected chi connectivity index (χ2v) is 10.1. The molecule has 3 aromatic rings. The summed E-state index contributed by atoms with van der Waals surface area (Å²) in [5.74, 6) is -14.5. The van der Waals surface area contributed by atoms with Crippen molar-refractivity contribution in [2.24, 2.45) is 0 Å². The molecule has 1 heterocycles. The van der Waals surface area contributed by atoms with Gasteiger partial charge in [-0.05, 0) is 16.7 Å². The molecule has 44 heavy (non-hydrogen) atoms. The van der Waals surface area contributed by atoms with Crippen LogP contribution in [0.2, 0.25) is 0 Å². The number of hydrogen-bond donors (Lipinski definition) is 0. The van der Waals surface area contributed by atoms with Gasteiger partial charge in [-0.15, -0.1) is 0 Å².